The Morgan fingerprint density at radius 3 is 2.29 bits per heavy atom. The number of rotatable bonds is 8. The highest BCUT2D eigenvalue weighted by Gasteiger charge is 2.07. The summed E-state index contributed by atoms with van der Waals surface area (Å²) in [6, 6.07) is 24.3. The van der Waals surface area contributed by atoms with Gasteiger partial charge >= 0.3 is 0 Å². The van der Waals surface area contributed by atoms with E-state index in [-0.39, 0.29) is 11.8 Å². The lowest BCUT2D eigenvalue weighted by Gasteiger charge is -2.07. The number of halogens is 1. The van der Waals surface area contributed by atoms with Crippen LogP contribution in [-0.2, 0) is 10.5 Å². The first-order valence-electron chi connectivity index (χ1n) is 9.64. The summed E-state index contributed by atoms with van der Waals surface area (Å²) in [4.78, 5) is 24.3. The van der Waals surface area contributed by atoms with Crippen LogP contribution in [0.2, 0.25) is 0 Å². The molecular weight excluding hydrogens is 474 g/mol. The van der Waals surface area contributed by atoms with Crippen molar-refractivity contribution >= 4 is 50.9 Å². The number of thioether (sulfide) groups is 1. The second kappa shape index (κ2) is 11.5. The van der Waals surface area contributed by atoms with Gasteiger partial charge in [0.25, 0.3) is 5.91 Å². The molecule has 0 heterocycles. The average Bonchev–Trinajstić information content (AvgIpc) is 2.80. The molecule has 0 radical (unpaired) electrons. The van der Waals surface area contributed by atoms with E-state index in [2.05, 4.69) is 31.8 Å². The topological polar surface area (TPSA) is 70.6 Å². The third kappa shape index (κ3) is 7.08. The number of hydrogen-bond acceptors (Lipinski definition) is 4. The summed E-state index contributed by atoms with van der Waals surface area (Å²) in [6.45, 7) is 1.83. The van der Waals surface area contributed by atoms with Crippen LogP contribution >= 0.6 is 27.7 Å². The third-order valence-electron chi connectivity index (χ3n) is 4.39. The molecule has 0 bridgehead atoms. The number of amides is 2. The van der Waals surface area contributed by atoms with Gasteiger partial charge in [-0.25, -0.2) is 5.43 Å². The highest BCUT2D eigenvalue weighted by molar-refractivity contribution is 9.10. The largest absolute Gasteiger partial charge is 0.322 e. The molecule has 0 fully saturated rings. The van der Waals surface area contributed by atoms with E-state index in [1.54, 1.807) is 12.1 Å². The summed E-state index contributed by atoms with van der Waals surface area (Å²) < 4.78 is 1.04. The molecule has 0 aromatic heterocycles. The van der Waals surface area contributed by atoms with Crippen molar-refractivity contribution in [2.75, 3.05) is 11.1 Å². The first-order chi connectivity index (χ1) is 15.0. The Hall–Kier alpha value is -2.90. The quantitative estimate of drug-likeness (QED) is 0.321. The van der Waals surface area contributed by atoms with Gasteiger partial charge in [-0.3, -0.25) is 9.59 Å². The van der Waals surface area contributed by atoms with Crippen molar-refractivity contribution in [3.63, 3.8) is 0 Å². The van der Waals surface area contributed by atoms with Gasteiger partial charge in [0.2, 0.25) is 5.91 Å². The third-order valence-corrected chi connectivity index (χ3v) is 6.15. The van der Waals surface area contributed by atoms with Gasteiger partial charge in [0, 0.05) is 21.5 Å². The van der Waals surface area contributed by atoms with Crippen molar-refractivity contribution in [3.05, 3.63) is 100 Å². The fraction of sp³-hybridized carbons (Fsp3) is 0.125. The van der Waals surface area contributed by atoms with Gasteiger partial charge in [-0.2, -0.15) is 5.10 Å². The SMILES string of the molecule is C/C(=N/NC(=O)CSCc1ccccc1Br)c1ccc(NC(=O)c2ccccc2)cc1. The summed E-state index contributed by atoms with van der Waals surface area (Å²) >= 11 is 5.04. The van der Waals surface area contributed by atoms with Crippen LogP contribution in [0, 0.1) is 0 Å². The van der Waals surface area contributed by atoms with Gasteiger partial charge in [-0.1, -0.05) is 64.5 Å². The highest BCUT2D eigenvalue weighted by Crippen LogP contribution is 2.21. The number of nitrogens with one attached hydrogen (secondary N) is 2. The number of hydrazone groups is 1. The van der Waals surface area contributed by atoms with E-state index in [0.29, 0.717) is 22.7 Å². The van der Waals surface area contributed by atoms with Crippen molar-refractivity contribution in [2.24, 2.45) is 5.10 Å². The van der Waals surface area contributed by atoms with E-state index in [1.165, 1.54) is 11.8 Å². The van der Waals surface area contributed by atoms with E-state index in [1.807, 2.05) is 73.7 Å². The van der Waals surface area contributed by atoms with Gasteiger partial charge in [0.05, 0.1) is 11.5 Å². The first-order valence-corrected chi connectivity index (χ1v) is 11.6. The van der Waals surface area contributed by atoms with Crippen LogP contribution in [0.1, 0.15) is 28.4 Å². The molecule has 0 aliphatic carbocycles. The maximum absolute atomic E-state index is 12.2. The molecule has 2 N–H and O–H groups in total. The minimum atomic E-state index is -0.161. The van der Waals surface area contributed by atoms with E-state index in [4.69, 9.17) is 0 Å². The number of nitrogens with zero attached hydrogens (tertiary/aromatic N) is 1. The number of carbonyl (C=O) groups excluding carboxylic acids is 2. The minimum absolute atomic E-state index is 0.150. The fourth-order valence-electron chi connectivity index (χ4n) is 2.70. The molecule has 2 amide bonds. The smallest absolute Gasteiger partial charge is 0.255 e. The zero-order valence-corrected chi connectivity index (χ0v) is 19.4. The standard InChI is InChI=1S/C24H22BrN3O2S/c1-17(27-28-23(29)16-31-15-20-9-5-6-10-22(20)25)18-11-13-21(14-12-18)26-24(30)19-7-3-2-4-8-19/h2-14H,15-16H2,1H3,(H,26,30)(H,28,29)/b27-17-. The van der Waals surface area contributed by atoms with Crippen molar-refractivity contribution < 1.29 is 9.59 Å². The number of benzene rings is 3. The molecule has 0 spiro atoms. The van der Waals surface area contributed by atoms with Gasteiger partial charge < -0.3 is 5.32 Å². The molecule has 3 rings (SSSR count). The maximum Gasteiger partial charge on any atom is 0.255 e. The molecule has 0 saturated heterocycles. The van der Waals surface area contributed by atoms with Crippen LogP contribution in [0.15, 0.2) is 88.4 Å². The van der Waals surface area contributed by atoms with E-state index < -0.39 is 0 Å². The molecule has 5 nitrogen and oxygen atoms in total. The lowest BCUT2D eigenvalue weighted by Crippen LogP contribution is -2.21. The lowest BCUT2D eigenvalue weighted by atomic mass is 10.1. The fourth-order valence-corrected chi connectivity index (χ4v) is 4.13. The van der Waals surface area contributed by atoms with Crippen molar-refractivity contribution in [2.45, 2.75) is 12.7 Å². The Balaban J connectivity index is 1.47. The molecule has 31 heavy (non-hydrogen) atoms. The number of carbonyl (C=O) groups is 2. The average molecular weight is 496 g/mol. The predicted molar refractivity (Wildman–Crippen MR) is 131 cm³/mol. The Bertz CT molecular complexity index is 1070. The molecule has 0 aliphatic rings. The molecule has 0 unspecified atom stereocenters. The maximum atomic E-state index is 12.2. The first kappa shape index (κ1) is 22.8. The Morgan fingerprint density at radius 2 is 1.58 bits per heavy atom. The zero-order chi connectivity index (χ0) is 22.1. The normalized spacial score (nSPS) is 11.1. The molecule has 3 aromatic carbocycles. The zero-order valence-electron chi connectivity index (χ0n) is 17.0. The second-order valence-electron chi connectivity index (χ2n) is 6.71. The van der Waals surface area contributed by atoms with Gasteiger partial charge in [0.15, 0.2) is 0 Å². The van der Waals surface area contributed by atoms with Crippen LogP contribution in [0.4, 0.5) is 5.69 Å². The Labute approximate surface area is 194 Å². The molecule has 7 heteroatoms. The van der Waals surface area contributed by atoms with E-state index >= 15 is 0 Å². The molecule has 3 aromatic rings. The Morgan fingerprint density at radius 1 is 0.903 bits per heavy atom. The van der Waals surface area contributed by atoms with Crippen LogP contribution < -0.4 is 10.7 Å². The van der Waals surface area contributed by atoms with Crippen LogP contribution in [0.5, 0.6) is 0 Å². The summed E-state index contributed by atoms with van der Waals surface area (Å²) in [5, 5.41) is 7.04. The van der Waals surface area contributed by atoms with Gasteiger partial charge in [-0.15, -0.1) is 11.8 Å². The monoisotopic (exact) mass is 495 g/mol. The van der Waals surface area contributed by atoms with Gasteiger partial charge in [0.1, 0.15) is 0 Å². The lowest BCUT2D eigenvalue weighted by molar-refractivity contribution is -0.118. The summed E-state index contributed by atoms with van der Waals surface area (Å²) in [5.74, 6) is 0.755. The summed E-state index contributed by atoms with van der Waals surface area (Å²) in [7, 11) is 0. The van der Waals surface area contributed by atoms with E-state index in [0.717, 1.165) is 21.4 Å². The highest BCUT2D eigenvalue weighted by atomic mass is 79.9. The number of hydrogen-bond donors (Lipinski definition) is 2. The van der Waals surface area contributed by atoms with Crippen LogP contribution in [0.3, 0.4) is 0 Å². The molecule has 0 aliphatic heterocycles. The molecule has 158 valence electrons. The molecule has 0 saturated carbocycles. The molecule has 0 atom stereocenters. The van der Waals surface area contributed by atoms with Crippen molar-refractivity contribution in [1.82, 2.24) is 5.43 Å². The minimum Gasteiger partial charge on any atom is -0.322 e. The predicted octanol–water partition coefficient (Wildman–Crippen LogP) is 5.48. The van der Waals surface area contributed by atoms with Crippen molar-refractivity contribution in [3.8, 4) is 0 Å². The van der Waals surface area contributed by atoms with E-state index in [9.17, 15) is 9.59 Å². The Kier molecular flexibility index (Phi) is 8.44. The second-order valence-corrected chi connectivity index (χ2v) is 8.55. The van der Waals surface area contributed by atoms with Gasteiger partial charge in [-0.05, 0) is 48.4 Å². The van der Waals surface area contributed by atoms with Crippen molar-refractivity contribution in [1.29, 1.82) is 0 Å². The summed E-state index contributed by atoms with van der Waals surface area (Å²) in [6.07, 6.45) is 0. The number of anilines is 1. The van der Waals surface area contributed by atoms with Crippen LogP contribution in [-0.4, -0.2) is 23.3 Å². The van der Waals surface area contributed by atoms with Crippen LogP contribution in [0.25, 0.3) is 0 Å². The molecular formula is C24H22BrN3O2S. The summed E-state index contributed by atoms with van der Waals surface area (Å²) in [5.41, 5.74) is 6.59.